The van der Waals surface area contributed by atoms with Gasteiger partial charge < -0.3 is 25.1 Å². The summed E-state index contributed by atoms with van der Waals surface area (Å²) in [6.45, 7) is 10.4. The summed E-state index contributed by atoms with van der Waals surface area (Å²) in [6, 6.07) is 8.69. The number of hydrogen-bond donors (Lipinski definition) is 3. The van der Waals surface area contributed by atoms with Crippen LogP contribution in [0, 0.1) is 19.8 Å². The molecular weight excluding hydrogens is 466 g/mol. The number of furan rings is 1. The molecule has 1 aliphatic rings. The molecule has 1 aromatic carbocycles. The molecule has 1 atom stereocenters. The van der Waals surface area contributed by atoms with E-state index in [0.29, 0.717) is 29.4 Å². The van der Waals surface area contributed by atoms with Crippen molar-refractivity contribution in [3.8, 4) is 18.6 Å². The highest BCUT2D eigenvalue weighted by atomic mass is 32.2. The van der Waals surface area contributed by atoms with E-state index in [1.807, 2.05) is 32.9 Å². The summed E-state index contributed by atoms with van der Waals surface area (Å²) in [4.78, 5) is 13.4. The molecule has 0 fully saturated rings. The second-order valence-electron chi connectivity index (χ2n) is 7.09. The van der Waals surface area contributed by atoms with Gasteiger partial charge in [-0.2, -0.15) is 0 Å². The molecule has 10 heteroatoms. The molecule has 0 saturated heterocycles. The minimum absolute atomic E-state index is 0.0593. The summed E-state index contributed by atoms with van der Waals surface area (Å²) in [5.41, 5.74) is 0.811. The summed E-state index contributed by atoms with van der Waals surface area (Å²) in [7, 11) is 3.30. The first-order valence-electron chi connectivity index (χ1n) is 11.2. The number of nitrogens with one attached hydrogen (secondary N) is 2. The molecule has 0 radical (unpaired) electrons. The average molecular weight is 504 g/mol. The molecule has 9 nitrogen and oxygen atoms in total. The zero-order chi connectivity index (χ0) is 27.0. The summed E-state index contributed by atoms with van der Waals surface area (Å²) in [5, 5.41) is 16.5. The normalized spacial score (nSPS) is 13.3. The van der Waals surface area contributed by atoms with Crippen LogP contribution in [0.3, 0.4) is 0 Å². The number of nitrogens with zero attached hydrogens (tertiary/aromatic N) is 3. The van der Waals surface area contributed by atoms with Crippen LogP contribution in [0.5, 0.6) is 5.75 Å². The number of amidine groups is 2. The first kappa shape index (κ1) is 31.4. The summed E-state index contributed by atoms with van der Waals surface area (Å²) >= 11 is -1.76. The highest BCUT2D eigenvalue weighted by Gasteiger charge is 2.21. The Bertz CT molecular complexity index is 1040. The number of phenolic OH excluding ortho intramolecular Hbond substituents is 1. The van der Waals surface area contributed by atoms with Crippen LogP contribution in [-0.2, 0) is 28.9 Å². The van der Waals surface area contributed by atoms with E-state index in [0.717, 1.165) is 5.76 Å². The fourth-order valence-electron chi connectivity index (χ4n) is 2.50. The molecule has 3 N–H and O–H groups in total. The third kappa shape index (κ3) is 10.5. The first-order chi connectivity index (χ1) is 16.7. The van der Waals surface area contributed by atoms with Gasteiger partial charge in [-0.15, -0.1) is 21.6 Å². The van der Waals surface area contributed by atoms with E-state index in [-0.39, 0.29) is 23.9 Å². The van der Waals surface area contributed by atoms with Gasteiger partial charge in [0.15, 0.2) is 11.7 Å². The Morgan fingerprint density at radius 2 is 1.71 bits per heavy atom. The molecule has 1 amide bonds. The van der Waals surface area contributed by atoms with Gasteiger partial charge in [0, 0.05) is 19.7 Å². The van der Waals surface area contributed by atoms with E-state index < -0.39 is 11.2 Å². The third-order valence-electron chi connectivity index (χ3n) is 4.00. The van der Waals surface area contributed by atoms with E-state index >= 15 is 0 Å². The number of terminal acetylenes is 1. The minimum Gasteiger partial charge on any atom is -0.505 e. The van der Waals surface area contributed by atoms with Crippen LogP contribution in [-0.4, -0.2) is 45.9 Å². The molecular formula is C25H37N5O4S. The minimum atomic E-state index is -1.76. The van der Waals surface area contributed by atoms with Crippen molar-refractivity contribution >= 4 is 34.4 Å². The van der Waals surface area contributed by atoms with Crippen molar-refractivity contribution in [3.63, 3.8) is 0 Å². The molecule has 0 aliphatic carbocycles. The number of benzene rings is 1. The Balaban J connectivity index is 0.00000150. The Morgan fingerprint density at radius 1 is 1.11 bits per heavy atom. The Labute approximate surface area is 211 Å². The Morgan fingerprint density at radius 3 is 2.26 bits per heavy atom. The average Bonchev–Trinajstić information content (AvgIpc) is 3.42. The molecule has 2 heterocycles. The molecule has 1 unspecified atom stereocenters. The lowest BCUT2D eigenvalue weighted by Gasteiger charge is -2.14. The van der Waals surface area contributed by atoms with Gasteiger partial charge in [-0.05, 0) is 25.1 Å². The topological polar surface area (TPSA) is 120 Å². The van der Waals surface area contributed by atoms with Crippen LogP contribution in [0.4, 0.5) is 5.69 Å². The third-order valence-corrected chi connectivity index (χ3v) is 4.68. The second kappa shape index (κ2) is 16.9. The highest BCUT2D eigenvalue weighted by molar-refractivity contribution is 7.83. The smallest absolute Gasteiger partial charge is 0.269 e. The van der Waals surface area contributed by atoms with Crippen molar-refractivity contribution in [2.45, 2.75) is 54.0 Å². The number of carbonyl (C=O) groups is 1. The fraction of sp³-hybridized carbons (Fsp3) is 0.400. The van der Waals surface area contributed by atoms with E-state index in [9.17, 15) is 14.1 Å². The number of amides is 1. The maximum atomic E-state index is 11.9. The van der Waals surface area contributed by atoms with Crippen LogP contribution in [0.15, 0.2) is 43.5 Å². The molecule has 0 spiro atoms. The SMILES string of the molecule is C#C.CC.CCC.Cc1ccc(CNC2=NS(=O)N=C2Nc2cccc(CC(=O)N(C)C)c2O)o1. The van der Waals surface area contributed by atoms with Crippen LogP contribution in [0.25, 0.3) is 0 Å². The van der Waals surface area contributed by atoms with Gasteiger partial charge in [-0.1, -0.05) is 46.2 Å². The molecule has 1 aromatic heterocycles. The van der Waals surface area contributed by atoms with Gasteiger partial charge in [0.25, 0.3) is 11.2 Å². The summed E-state index contributed by atoms with van der Waals surface area (Å²) in [5.74, 6) is 1.80. The number of likely N-dealkylation sites (N-methyl/N-ethyl adjacent to an activating group) is 1. The predicted octanol–water partition coefficient (Wildman–Crippen LogP) is 4.21. The van der Waals surface area contributed by atoms with Crippen molar-refractivity contribution in [2.75, 3.05) is 19.4 Å². The molecule has 35 heavy (non-hydrogen) atoms. The lowest BCUT2D eigenvalue weighted by Crippen LogP contribution is -2.33. The van der Waals surface area contributed by atoms with E-state index in [2.05, 4.69) is 46.1 Å². The lowest BCUT2D eigenvalue weighted by atomic mass is 10.1. The van der Waals surface area contributed by atoms with Crippen LogP contribution < -0.4 is 10.6 Å². The standard InChI is InChI=1S/C18H21N5O4S.C3H8.C2H6.C2H2/c1-11-7-8-13(27-11)10-19-17-18(22-28(26)21-17)20-14-6-4-5-12(16(14)25)9-15(24)23(2)3;1-3-2;2*1-2/h4-8,25H,9-10H2,1-3H3,(H,19,21)(H,20,22);3H2,1-2H3;1-2H3;1-2H. The van der Waals surface area contributed by atoms with Crippen LogP contribution in [0.1, 0.15) is 51.2 Å². The fourth-order valence-corrected chi connectivity index (χ4v) is 3.13. The molecule has 0 saturated carbocycles. The van der Waals surface area contributed by atoms with Gasteiger partial charge in [-0.25, -0.2) is 4.21 Å². The van der Waals surface area contributed by atoms with Crippen LogP contribution >= 0.6 is 0 Å². The van der Waals surface area contributed by atoms with Crippen molar-refractivity contribution in [1.29, 1.82) is 0 Å². The van der Waals surface area contributed by atoms with E-state index in [1.165, 1.54) is 11.3 Å². The molecule has 1 aliphatic heterocycles. The molecule has 192 valence electrons. The number of aryl methyl sites for hydroxylation is 1. The summed E-state index contributed by atoms with van der Waals surface area (Å²) < 4.78 is 25.1. The maximum Gasteiger partial charge on any atom is 0.269 e. The monoisotopic (exact) mass is 503 g/mol. The number of hydrogen-bond acceptors (Lipinski definition) is 6. The number of phenols is 1. The molecule has 0 bridgehead atoms. The first-order valence-corrected chi connectivity index (χ1v) is 12.3. The van der Waals surface area contributed by atoms with Gasteiger partial charge in [0.1, 0.15) is 17.3 Å². The van der Waals surface area contributed by atoms with Gasteiger partial charge in [0.2, 0.25) is 5.91 Å². The maximum absolute atomic E-state index is 11.9. The number of carbonyl (C=O) groups excluding carboxylic acids is 1. The largest absolute Gasteiger partial charge is 0.505 e. The van der Waals surface area contributed by atoms with E-state index in [4.69, 9.17) is 4.42 Å². The quantitative estimate of drug-likeness (QED) is 0.415. The van der Waals surface area contributed by atoms with Gasteiger partial charge in [-0.3, -0.25) is 4.79 Å². The van der Waals surface area contributed by atoms with Gasteiger partial charge >= 0.3 is 0 Å². The second-order valence-corrected chi connectivity index (χ2v) is 7.91. The lowest BCUT2D eigenvalue weighted by molar-refractivity contribution is -0.127. The molecule has 3 rings (SSSR count). The van der Waals surface area contributed by atoms with Gasteiger partial charge in [0.05, 0.1) is 18.7 Å². The zero-order valence-corrected chi connectivity index (χ0v) is 22.4. The van der Waals surface area contributed by atoms with Crippen LogP contribution in [0.2, 0.25) is 0 Å². The Hall–Kier alpha value is -3.58. The number of para-hydroxylation sites is 1. The molecule has 2 aromatic rings. The van der Waals surface area contributed by atoms with Crippen molar-refractivity contribution < 1.29 is 18.5 Å². The predicted molar refractivity (Wildman–Crippen MR) is 145 cm³/mol. The number of anilines is 1. The van der Waals surface area contributed by atoms with Crippen molar-refractivity contribution in [1.82, 2.24) is 10.2 Å². The number of rotatable bonds is 5. The number of aromatic hydroxyl groups is 1. The Kier molecular flexibility index (Phi) is 15.2. The van der Waals surface area contributed by atoms with E-state index in [1.54, 1.807) is 32.3 Å². The zero-order valence-electron chi connectivity index (χ0n) is 21.6. The van der Waals surface area contributed by atoms with Crippen molar-refractivity contribution in [2.24, 2.45) is 8.80 Å². The highest BCUT2D eigenvalue weighted by Crippen LogP contribution is 2.28. The van der Waals surface area contributed by atoms with Crippen molar-refractivity contribution in [3.05, 3.63) is 47.4 Å². The summed E-state index contributed by atoms with van der Waals surface area (Å²) in [6.07, 6.45) is 9.31.